The first-order valence-corrected chi connectivity index (χ1v) is 16.3. The number of rotatable bonds is 16. The van der Waals surface area contributed by atoms with Gasteiger partial charge in [-0.2, -0.15) is 0 Å². The van der Waals surface area contributed by atoms with E-state index in [0.717, 1.165) is 30.4 Å². The van der Waals surface area contributed by atoms with Crippen molar-refractivity contribution in [3.8, 4) is 0 Å². The Morgan fingerprint density at radius 1 is 1.16 bits per heavy atom. The van der Waals surface area contributed by atoms with Crippen LogP contribution in [0, 0.1) is 5.82 Å². The molecule has 0 aliphatic heterocycles. The van der Waals surface area contributed by atoms with Crippen LogP contribution in [0.15, 0.2) is 78.1 Å². The lowest BCUT2D eigenvalue weighted by Crippen LogP contribution is -2.27. The van der Waals surface area contributed by atoms with E-state index < -0.39 is 23.0 Å². The van der Waals surface area contributed by atoms with Crippen LogP contribution in [0.3, 0.4) is 0 Å². The van der Waals surface area contributed by atoms with Crippen molar-refractivity contribution in [1.29, 1.82) is 0 Å². The Morgan fingerprint density at radius 2 is 1.87 bits per heavy atom. The molecule has 1 heterocycles. The summed E-state index contributed by atoms with van der Waals surface area (Å²) in [4.78, 5) is 18.1. The van der Waals surface area contributed by atoms with Crippen molar-refractivity contribution in [2.45, 2.75) is 50.6 Å². The summed E-state index contributed by atoms with van der Waals surface area (Å²) in [5.74, 6) is -2.46. The van der Waals surface area contributed by atoms with E-state index in [1.807, 2.05) is 38.3 Å². The van der Waals surface area contributed by atoms with Crippen molar-refractivity contribution in [3.63, 3.8) is 0 Å². The van der Waals surface area contributed by atoms with Crippen LogP contribution in [0.1, 0.15) is 54.9 Å². The van der Waals surface area contributed by atoms with Crippen molar-refractivity contribution < 1.29 is 23.4 Å². The third-order valence-electron chi connectivity index (χ3n) is 7.35. The number of aromatic nitrogens is 2. The zero-order valence-electron chi connectivity index (χ0n) is 25.5. The van der Waals surface area contributed by atoms with Crippen LogP contribution in [-0.2, 0) is 22.4 Å². The summed E-state index contributed by atoms with van der Waals surface area (Å²) in [6.07, 6.45) is 5.93. The van der Waals surface area contributed by atoms with Gasteiger partial charge in [0.05, 0.1) is 21.8 Å². The average molecular weight is 699 g/mol. The molecule has 45 heavy (non-hydrogen) atoms. The van der Waals surface area contributed by atoms with Gasteiger partial charge >= 0.3 is 5.97 Å². The molecule has 3 rings (SSSR count). The third kappa shape index (κ3) is 9.36. The van der Waals surface area contributed by atoms with Crippen LogP contribution in [0.2, 0.25) is 15.1 Å². The Morgan fingerprint density at radius 3 is 2.47 bits per heavy atom. The number of carboxylic acids is 1. The minimum atomic E-state index is -1.28. The molecular formula is C33H36Cl3F2N3O3S. The highest BCUT2D eigenvalue weighted by Crippen LogP contribution is 2.38. The standard InChI is InChI=1S/C33H36Cl3F2N3O3S/c1-6-9-27(37)29(44-15-14-40(7-2)8-3)12-13-41-30(33(4,5)22-10-11-24(34)26(36)18-22)19-39-32(41)45-20-23-25(35)16-21(31(42)43)17-28(23)38/h6,9-12,16-19H,1,7-8,13-15,20H2,2-5H3,(H,42,43)/b27-9+,29-12+. The summed E-state index contributed by atoms with van der Waals surface area (Å²) in [6.45, 7) is 14.4. The van der Waals surface area contributed by atoms with Gasteiger partial charge in [0.15, 0.2) is 16.7 Å². The quantitative estimate of drug-likeness (QED) is 0.0913. The highest BCUT2D eigenvalue weighted by molar-refractivity contribution is 7.98. The van der Waals surface area contributed by atoms with Crippen LogP contribution in [0.5, 0.6) is 0 Å². The largest absolute Gasteiger partial charge is 0.489 e. The van der Waals surface area contributed by atoms with Gasteiger partial charge in [0.1, 0.15) is 12.4 Å². The van der Waals surface area contributed by atoms with Crippen LogP contribution in [-0.4, -0.2) is 51.8 Å². The Labute approximate surface area is 282 Å². The van der Waals surface area contributed by atoms with E-state index >= 15 is 4.39 Å². The van der Waals surface area contributed by atoms with Crippen molar-refractivity contribution in [2.75, 3.05) is 26.2 Å². The Kier molecular flexibility index (Phi) is 13.6. The Bertz CT molecular complexity index is 1560. The van der Waals surface area contributed by atoms with Crippen molar-refractivity contribution in [1.82, 2.24) is 14.5 Å². The smallest absolute Gasteiger partial charge is 0.335 e. The Balaban J connectivity index is 2.05. The van der Waals surface area contributed by atoms with E-state index in [2.05, 4.69) is 16.5 Å². The predicted molar refractivity (Wildman–Crippen MR) is 180 cm³/mol. The third-order valence-corrected chi connectivity index (χ3v) is 9.45. The molecule has 0 aliphatic carbocycles. The summed E-state index contributed by atoms with van der Waals surface area (Å²) in [5, 5.41) is 10.6. The summed E-state index contributed by atoms with van der Waals surface area (Å²) >= 11 is 20.0. The molecular weight excluding hydrogens is 663 g/mol. The number of hydrogen-bond acceptors (Lipinski definition) is 5. The van der Waals surface area contributed by atoms with Crippen LogP contribution in [0.25, 0.3) is 0 Å². The fourth-order valence-electron chi connectivity index (χ4n) is 4.59. The van der Waals surface area contributed by atoms with E-state index in [0.29, 0.717) is 21.7 Å². The number of thioether (sulfide) groups is 1. The summed E-state index contributed by atoms with van der Waals surface area (Å²) in [7, 11) is 0. The molecule has 0 radical (unpaired) electrons. The fourth-order valence-corrected chi connectivity index (χ4v) is 6.27. The van der Waals surface area contributed by atoms with Crippen molar-refractivity contribution in [2.24, 2.45) is 0 Å². The molecule has 0 unspecified atom stereocenters. The molecule has 1 N–H and O–H groups in total. The molecule has 0 saturated carbocycles. The second-order valence-corrected chi connectivity index (χ2v) is 12.7. The maximum atomic E-state index is 15.1. The zero-order valence-corrected chi connectivity index (χ0v) is 28.6. The van der Waals surface area contributed by atoms with Crippen LogP contribution < -0.4 is 0 Å². The van der Waals surface area contributed by atoms with E-state index in [1.54, 1.807) is 24.4 Å². The maximum absolute atomic E-state index is 15.1. The van der Waals surface area contributed by atoms with Gasteiger partial charge in [0, 0.05) is 40.5 Å². The van der Waals surface area contributed by atoms with E-state index in [4.69, 9.17) is 39.5 Å². The number of aromatic carboxylic acids is 1. The van der Waals surface area contributed by atoms with Crippen LogP contribution >= 0.6 is 46.6 Å². The van der Waals surface area contributed by atoms with E-state index in [-0.39, 0.29) is 40.8 Å². The fraction of sp³-hybridized carbons (Fsp3) is 0.333. The number of allylic oxidation sites excluding steroid dienone is 4. The number of ether oxygens (including phenoxy) is 1. The SMILES string of the molecule is C=C/C=C(F)\C(=C/Cn1c(C(C)(C)c2ccc(Cl)c(Cl)c2)cnc1SCc1c(F)cc(C(=O)O)cc1Cl)OCCN(CC)CC. The van der Waals surface area contributed by atoms with E-state index in [1.165, 1.54) is 30.0 Å². The molecule has 0 saturated heterocycles. The monoisotopic (exact) mass is 697 g/mol. The summed E-state index contributed by atoms with van der Waals surface area (Å²) < 4.78 is 37.8. The summed E-state index contributed by atoms with van der Waals surface area (Å²) in [6, 6.07) is 7.54. The zero-order chi connectivity index (χ0) is 33.3. The number of hydrogen-bond donors (Lipinski definition) is 1. The minimum Gasteiger partial charge on any atom is -0.489 e. The molecule has 0 aliphatic rings. The molecule has 0 fully saturated rings. The van der Waals surface area contributed by atoms with Gasteiger partial charge in [-0.25, -0.2) is 18.6 Å². The molecule has 1 aromatic heterocycles. The number of benzene rings is 2. The van der Waals surface area contributed by atoms with Gasteiger partial charge in [-0.15, -0.1) is 0 Å². The van der Waals surface area contributed by atoms with E-state index in [9.17, 15) is 14.3 Å². The molecule has 3 aromatic rings. The van der Waals surface area contributed by atoms with Gasteiger partial charge in [0.2, 0.25) is 0 Å². The number of halogens is 5. The lowest BCUT2D eigenvalue weighted by Gasteiger charge is -2.27. The van der Waals surface area contributed by atoms with Crippen LogP contribution in [0.4, 0.5) is 8.78 Å². The molecule has 6 nitrogen and oxygen atoms in total. The van der Waals surface area contributed by atoms with Gasteiger partial charge < -0.3 is 19.3 Å². The first-order valence-electron chi connectivity index (χ1n) is 14.2. The number of carboxylic acid groups (broad SMARTS) is 1. The van der Waals surface area contributed by atoms with Gasteiger partial charge in [0.25, 0.3) is 0 Å². The second kappa shape index (κ2) is 16.7. The molecule has 12 heteroatoms. The molecule has 242 valence electrons. The molecule has 0 bridgehead atoms. The molecule has 0 amide bonds. The number of likely N-dealkylation sites (N-methyl/N-ethyl adjacent to an activating group) is 1. The number of imidazole rings is 1. The topological polar surface area (TPSA) is 67.6 Å². The van der Waals surface area contributed by atoms with Gasteiger partial charge in [-0.05, 0) is 55.1 Å². The lowest BCUT2D eigenvalue weighted by molar-refractivity contribution is 0.0696. The molecule has 0 atom stereocenters. The maximum Gasteiger partial charge on any atom is 0.335 e. The van der Waals surface area contributed by atoms with Crippen molar-refractivity contribution in [3.05, 3.63) is 116 Å². The highest BCUT2D eigenvalue weighted by Gasteiger charge is 2.29. The second-order valence-electron chi connectivity index (χ2n) is 10.5. The Hall–Kier alpha value is -2.82. The van der Waals surface area contributed by atoms with Gasteiger partial charge in [-0.3, -0.25) is 0 Å². The number of carbonyl (C=O) groups is 1. The normalized spacial score (nSPS) is 12.6. The minimum absolute atomic E-state index is 0.00483. The summed E-state index contributed by atoms with van der Waals surface area (Å²) in [5.41, 5.74) is 0.890. The first kappa shape index (κ1) is 36.6. The first-order chi connectivity index (χ1) is 21.3. The molecule has 2 aromatic carbocycles. The van der Waals surface area contributed by atoms with Gasteiger partial charge in [-0.1, -0.05) is 93.0 Å². The lowest BCUT2D eigenvalue weighted by atomic mass is 9.81. The molecule has 0 spiro atoms. The average Bonchev–Trinajstić information content (AvgIpc) is 3.41. The van der Waals surface area contributed by atoms with Crippen molar-refractivity contribution >= 4 is 52.5 Å². The number of nitrogens with zero attached hydrogens (tertiary/aromatic N) is 3. The predicted octanol–water partition coefficient (Wildman–Crippen LogP) is 9.58. The highest BCUT2D eigenvalue weighted by atomic mass is 35.5.